The molecule has 4 nitrogen and oxygen atoms in total. The summed E-state index contributed by atoms with van der Waals surface area (Å²) in [6.07, 6.45) is 6.49. The Labute approximate surface area is 141 Å². The van der Waals surface area contributed by atoms with Gasteiger partial charge in [-0.15, -0.1) is 11.3 Å². The fourth-order valence-electron chi connectivity index (χ4n) is 3.03. The van der Waals surface area contributed by atoms with Crippen LogP contribution in [0.15, 0.2) is 41.9 Å². The fourth-order valence-corrected chi connectivity index (χ4v) is 3.72. The van der Waals surface area contributed by atoms with E-state index in [1.54, 1.807) is 17.5 Å². The second kappa shape index (κ2) is 8.22. The molecule has 1 aliphatic rings. The van der Waals surface area contributed by atoms with E-state index >= 15 is 0 Å². The number of carbonyl (C=O) groups excluding carboxylic acids is 1. The largest absolute Gasteiger partial charge is 0.347 e. The summed E-state index contributed by atoms with van der Waals surface area (Å²) in [5.41, 5.74) is 1.21. The van der Waals surface area contributed by atoms with Gasteiger partial charge in [0, 0.05) is 24.0 Å². The second-order valence-electron chi connectivity index (χ2n) is 6.01. The summed E-state index contributed by atoms with van der Waals surface area (Å²) in [6.45, 7) is 1.09. The maximum absolute atomic E-state index is 12.3. The number of amides is 1. The van der Waals surface area contributed by atoms with E-state index in [1.807, 2.05) is 23.6 Å². The quantitative estimate of drug-likeness (QED) is 0.821. The number of hydrogen-bond acceptors (Lipinski definition) is 4. The summed E-state index contributed by atoms with van der Waals surface area (Å²) in [4.78, 5) is 16.7. The van der Waals surface area contributed by atoms with Gasteiger partial charge in [0.15, 0.2) is 0 Å². The smallest absolute Gasteiger partial charge is 0.220 e. The third-order valence-electron chi connectivity index (χ3n) is 4.25. The summed E-state index contributed by atoms with van der Waals surface area (Å²) in [7, 11) is 0. The molecule has 0 bridgehead atoms. The maximum Gasteiger partial charge on any atom is 0.220 e. The SMILES string of the molecule is O=C(CC[C@@H]1CCCN1)N[C@@H](Cc1ccccc1)c1nccs1. The third kappa shape index (κ3) is 4.88. The molecule has 2 atom stereocenters. The summed E-state index contributed by atoms with van der Waals surface area (Å²) >= 11 is 1.60. The molecule has 1 aliphatic heterocycles. The normalized spacial score (nSPS) is 18.7. The van der Waals surface area contributed by atoms with Gasteiger partial charge in [0.05, 0.1) is 6.04 Å². The molecule has 0 saturated carbocycles. The zero-order chi connectivity index (χ0) is 15.9. The molecule has 3 rings (SSSR count). The van der Waals surface area contributed by atoms with E-state index in [0.717, 1.165) is 24.4 Å². The van der Waals surface area contributed by atoms with Crippen LogP contribution in [0.3, 0.4) is 0 Å². The van der Waals surface area contributed by atoms with E-state index in [-0.39, 0.29) is 11.9 Å². The predicted octanol–water partition coefficient (Wildman–Crippen LogP) is 3.08. The number of thiazole rings is 1. The summed E-state index contributed by atoms with van der Waals surface area (Å²) in [6, 6.07) is 10.7. The van der Waals surface area contributed by atoms with Crippen LogP contribution in [0.1, 0.15) is 42.3 Å². The van der Waals surface area contributed by atoms with Gasteiger partial charge >= 0.3 is 0 Å². The highest BCUT2D eigenvalue weighted by Gasteiger charge is 2.19. The Balaban J connectivity index is 1.58. The number of carbonyl (C=O) groups is 1. The molecular weight excluding hydrogens is 306 g/mol. The monoisotopic (exact) mass is 329 g/mol. The highest BCUT2D eigenvalue weighted by atomic mass is 32.1. The molecule has 1 saturated heterocycles. The van der Waals surface area contributed by atoms with Crippen molar-refractivity contribution < 1.29 is 4.79 Å². The van der Waals surface area contributed by atoms with Gasteiger partial charge in [-0.3, -0.25) is 4.79 Å². The van der Waals surface area contributed by atoms with Crippen molar-refractivity contribution in [2.45, 2.75) is 44.2 Å². The molecular formula is C18H23N3OS. The molecule has 122 valence electrons. The number of aromatic nitrogens is 1. The van der Waals surface area contributed by atoms with E-state index in [9.17, 15) is 4.79 Å². The van der Waals surface area contributed by atoms with Crippen molar-refractivity contribution in [3.63, 3.8) is 0 Å². The first kappa shape index (κ1) is 16.1. The molecule has 2 heterocycles. The van der Waals surface area contributed by atoms with Crippen molar-refractivity contribution in [2.75, 3.05) is 6.54 Å². The Morgan fingerprint density at radius 2 is 2.26 bits per heavy atom. The molecule has 0 unspecified atom stereocenters. The lowest BCUT2D eigenvalue weighted by molar-refractivity contribution is -0.122. The fraction of sp³-hybridized carbons (Fsp3) is 0.444. The van der Waals surface area contributed by atoms with E-state index in [2.05, 4.69) is 27.8 Å². The highest BCUT2D eigenvalue weighted by molar-refractivity contribution is 7.09. The third-order valence-corrected chi connectivity index (χ3v) is 5.14. The standard InChI is InChI=1S/C18H23N3OS/c22-17(9-8-15-7-4-10-19-15)21-16(18-20-11-12-23-18)13-14-5-2-1-3-6-14/h1-3,5-6,11-12,15-16,19H,4,7-10,13H2,(H,21,22)/t15-,16-/m0/s1. The van der Waals surface area contributed by atoms with Gasteiger partial charge in [0.25, 0.3) is 0 Å². The van der Waals surface area contributed by atoms with Crippen LogP contribution in [0, 0.1) is 0 Å². The number of benzene rings is 1. The van der Waals surface area contributed by atoms with Crippen LogP contribution >= 0.6 is 11.3 Å². The first-order valence-electron chi connectivity index (χ1n) is 8.27. The topological polar surface area (TPSA) is 54.0 Å². The second-order valence-corrected chi connectivity index (χ2v) is 6.94. The Morgan fingerprint density at radius 3 is 2.96 bits per heavy atom. The molecule has 1 fully saturated rings. The number of nitrogens with zero attached hydrogens (tertiary/aromatic N) is 1. The Morgan fingerprint density at radius 1 is 1.39 bits per heavy atom. The lowest BCUT2D eigenvalue weighted by atomic mass is 10.1. The van der Waals surface area contributed by atoms with Crippen molar-refractivity contribution in [2.24, 2.45) is 0 Å². The summed E-state index contributed by atoms with van der Waals surface area (Å²) in [5, 5.41) is 9.55. The van der Waals surface area contributed by atoms with Crippen molar-refractivity contribution in [1.82, 2.24) is 15.6 Å². The van der Waals surface area contributed by atoms with Crippen molar-refractivity contribution >= 4 is 17.2 Å². The van der Waals surface area contributed by atoms with Crippen molar-refractivity contribution in [3.05, 3.63) is 52.5 Å². The number of rotatable bonds is 7. The molecule has 0 radical (unpaired) electrons. The van der Waals surface area contributed by atoms with Gasteiger partial charge in [-0.25, -0.2) is 4.98 Å². The van der Waals surface area contributed by atoms with Crippen LogP contribution < -0.4 is 10.6 Å². The van der Waals surface area contributed by atoms with E-state index < -0.39 is 0 Å². The molecule has 1 aromatic heterocycles. The van der Waals surface area contributed by atoms with E-state index in [1.165, 1.54) is 18.4 Å². The number of hydrogen-bond donors (Lipinski definition) is 2. The maximum atomic E-state index is 12.3. The van der Waals surface area contributed by atoms with E-state index in [4.69, 9.17) is 0 Å². The van der Waals surface area contributed by atoms with Crippen LogP contribution in [-0.4, -0.2) is 23.5 Å². The minimum atomic E-state index is -0.0403. The number of nitrogens with one attached hydrogen (secondary N) is 2. The minimum absolute atomic E-state index is 0.0403. The molecule has 23 heavy (non-hydrogen) atoms. The van der Waals surface area contributed by atoms with Gasteiger partial charge in [0.1, 0.15) is 5.01 Å². The minimum Gasteiger partial charge on any atom is -0.347 e. The summed E-state index contributed by atoms with van der Waals surface area (Å²) in [5.74, 6) is 0.120. The predicted molar refractivity (Wildman–Crippen MR) is 93.4 cm³/mol. The van der Waals surface area contributed by atoms with Gasteiger partial charge in [0.2, 0.25) is 5.91 Å². The zero-order valence-electron chi connectivity index (χ0n) is 13.2. The lowest BCUT2D eigenvalue weighted by Crippen LogP contribution is -2.31. The van der Waals surface area contributed by atoms with Crippen molar-refractivity contribution in [3.8, 4) is 0 Å². The van der Waals surface area contributed by atoms with Crippen molar-refractivity contribution in [1.29, 1.82) is 0 Å². The Kier molecular flexibility index (Phi) is 5.77. The summed E-state index contributed by atoms with van der Waals surface area (Å²) < 4.78 is 0. The first-order chi connectivity index (χ1) is 11.3. The van der Waals surface area contributed by atoms with Crippen LogP contribution in [0.2, 0.25) is 0 Å². The average Bonchev–Trinajstić information content (AvgIpc) is 3.27. The molecule has 0 aliphatic carbocycles. The van der Waals surface area contributed by atoms with Crippen LogP contribution in [0.25, 0.3) is 0 Å². The average molecular weight is 329 g/mol. The lowest BCUT2D eigenvalue weighted by Gasteiger charge is -2.17. The molecule has 1 amide bonds. The molecule has 2 N–H and O–H groups in total. The Hall–Kier alpha value is -1.72. The molecule has 5 heteroatoms. The molecule has 2 aromatic rings. The van der Waals surface area contributed by atoms with Gasteiger partial charge < -0.3 is 10.6 Å². The van der Waals surface area contributed by atoms with Crippen LogP contribution in [0.4, 0.5) is 0 Å². The highest BCUT2D eigenvalue weighted by Crippen LogP contribution is 2.21. The van der Waals surface area contributed by atoms with Gasteiger partial charge in [-0.2, -0.15) is 0 Å². The van der Waals surface area contributed by atoms with Crippen LogP contribution in [0.5, 0.6) is 0 Å². The van der Waals surface area contributed by atoms with E-state index in [0.29, 0.717) is 12.5 Å². The Bertz CT molecular complexity index is 594. The zero-order valence-corrected chi connectivity index (χ0v) is 14.0. The molecule has 1 aromatic carbocycles. The van der Waals surface area contributed by atoms with Gasteiger partial charge in [-0.05, 0) is 37.8 Å². The van der Waals surface area contributed by atoms with Gasteiger partial charge in [-0.1, -0.05) is 30.3 Å². The molecule has 0 spiro atoms. The first-order valence-corrected chi connectivity index (χ1v) is 9.15. The van der Waals surface area contributed by atoms with Crippen LogP contribution in [-0.2, 0) is 11.2 Å².